The highest BCUT2D eigenvalue weighted by Crippen LogP contribution is 2.22. The topological polar surface area (TPSA) is 113 Å². The Kier molecular flexibility index (Phi) is 5.78. The number of hydrogen-bond acceptors (Lipinski definition) is 5. The molecule has 0 aliphatic rings. The fourth-order valence-electron chi connectivity index (χ4n) is 4.06. The van der Waals surface area contributed by atoms with Crippen LogP contribution in [0.4, 0.5) is 0 Å². The first kappa shape index (κ1) is 21.4. The predicted molar refractivity (Wildman–Crippen MR) is 128 cm³/mol. The molecule has 0 bridgehead atoms. The van der Waals surface area contributed by atoms with E-state index < -0.39 is 6.04 Å². The first-order valence-corrected chi connectivity index (χ1v) is 11.1. The average molecular weight is 454 g/mol. The molecule has 3 aromatic heterocycles. The van der Waals surface area contributed by atoms with Gasteiger partial charge in [0.1, 0.15) is 11.8 Å². The molecule has 0 spiro atoms. The summed E-state index contributed by atoms with van der Waals surface area (Å²) in [6, 6.07) is 15.4. The first-order chi connectivity index (χ1) is 16.6. The number of aromatic nitrogens is 3. The molecule has 8 heteroatoms. The van der Waals surface area contributed by atoms with Gasteiger partial charge in [0.15, 0.2) is 0 Å². The van der Waals surface area contributed by atoms with Crippen LogP contribution in [0.2, 0.25) is 0 Å². The molecule has 1 atom stereocenters. The van der Waals surface area contributed by atoms with Gasteiger partial charge in [0.2, 0.25) is 0 Å². The highest BCUT2D eigenvalue weighted by atomic mass is 16.5. The van der Waals surface area contributed by atoms with Crippen LogP contribution in [-0.2, 0) is 6.42 Å². The Morgan fingerprint density at radius 2 is 1.88 bits per heavy atom. The second kappa shape index (κ2) is 9.19. The lowest BCUT2D eigenvalue weighted by Gasteiger charge is -2.21. The number of H-pyrrole nitrogens is 1. The van der Waals surface area contributed by atoms with E-state index in [-0.39, 0.29) is 18.4 Å². The predicted octanol–water partition coefficient (Wildman–Crippen LogP) is 4.17. The van der Waals surface area contributed by atoms with E-state index in [0.29, 0.717) is 23.2 Å². The Morgan fingerprint density at radius 1 is 1.03 bits per heavy atom. The van der Waals surface area contributed by atoms with Gasteiger partial charge in [0, 0.05) is 24.3 Å². The van der Waals surface area contributed by atoms with E-state index in [0.717, 1.165) is 27.2 Å². The van der Waals surface area contributed by atoms with Gasteiger partial charge in [0.05, 0.1) is 29.0 Å². The Bertz CT molecular complexity index is 1490. The third-order valence-electron chi connectivity index (χ3n) is 5.89. The van der Waals surface area contributed by atoms with Gasteiger partial charge in [-0.1, -0.05) is 48.5 Å². The molecule has 2 aromatic carbocycles. The van der Waals surface area contributed by atoms with Crippen LogP contribution in [0.25, 0.3) is 21.7 Å². The van der Waals surface area contributed by atoms with Crippen molar-refractivity contribution in [1.29, 1.82) is 0 Å². The van der Waals surface area contributed by atoms with Crippen LogP contribution in [0.3, 0.4) is 0 Å². The molecule has 170 valence electrons. The molecule has 0 radical (unpaired) electrons. The summed E-state index contributed by atoms with van der Waals surface area (Å²) >= 11 is 0. The third-order valence-corrected chi connectivity index (χ3v) is 5.89. The second-order valence-corrected chi connectivity index (χ2v) is 8.00. The van der Waals surface area contributed by atoms with Crippen LogP contribution in [0.15, 0.2) is 77.9 Å². The van der Waals surface area contributed by atoms with Crippen molar-refractivity contribution in [3.05, 3.63) is 95.8 Å². The summed E-state index contributed by atoms with van der Waals surface area (Å²) in [4.78, 5) is 33.3. The number of rotatable bonds is 7. The van der Waals surface area contributed by atoms with Crippen LogP contribution in [0.1, 0.15) is 44.9 Å². The number of aryl methyl sites for hydroxylation is 1. The molecule has 0 aliphatic carbocycles. The molecule has 5 aromatic rings. The molecule has 0 fully saturated rings. The van der Waals surface area contributed by atoms with Crippen molar-refractivity contribution < 1.29 is 14.1 Å². The zero-order valence-electron chi connectivity index (χ0n) is 18.5. The highest BCUT2D eigenvalue weighted by molar-refractivity contribution is 6.06. The number of hydrogen-bond donors (Lipinski definition) is 3. The zero-order valence-corrected chi connectivity index (χ0v) is 18.5. The SMILES string of the molecule is CCc1nocc1C(=O)NCC(NC(=O)c1cncc2[nH]ccc12)c1ccc2ccccc2c1. The van der Waals surface area contributed by atoms with Gasteiger partial charge >= 0.3 is 0 Å². The van der Waals surface area contributed by atoms with E-state index in [1.807, 2.05) is 55.5 Å². The van der Waals surface area contributed by atoms with Gasteiger partial charge in [-0.05, 0) is 34.9 Å². The molecular formula is C26H23N5O3. The van der Waals surface area contributed by atoms with E-state index in [4.69, 9.17) is 4.52 Å². The van der Waals surface area contributed by atoms with Crippen molar-refractivity contribution >= 4 is 33.5 Å². The molecular weight excluding hydrogens is 430 g/mol. The Balaban J connectivity index is 1.44. The molecule has 0 saturated heterocycles. The maximum Gasteiger partial charge on any atom is 0.256 e. The van der Waals surface area contributed by atoms with Crippen molar-refractivity contribution in [3.8, 4) is 0 Å². The number of nitrogens with zero attached hydrogens (tertiary/aromatic N) is 2. The van der Waals surface area contributed by atoms with Crippen molar-refractivity contribution in [2.75, 3.05) is 6.54 Å². The zero-order chi connectivity index (χ0) is 23.5. The van der Waals surface area contributed by atoms with Crippen LogP contribution < -0.4 is 10.6 Å². The van der Waals surface area contributed by atoms with Gasteiger partial charge < -0.3 is 20.1 Å². The van der Waals surface area contributed by atoms with Gasteiger partial charge in [-0.15, -0.1) is 0 Å². The number of pyridine rings is 1. The average Bonchev–Trinajstić information content (AvgIpc) is 3.55. The Labute approximate surface area is 195 Å². The molecule has 1 unspecified atom stereocenters. The molecule has 2 amide bonds. The lowest BCUT2D eigenvalue weighted by molar-refractivity contribution is 0.0908. The highest BCUT2D eigenvalue weighted by Gasteiger charge is 2.21. The van der Waals surface area contributed by atoms with Crippen LogP contribution in [0.5, 0.6) is 0 Å². The van der Waals surface area contributed by atoms with E-state index in [1.165, 1.54) is 6.26 Å². The summed E-state index contributed by atoms with van der Waals surface area (Å²) in [6.45, 7) is 2.09. The Hall–Kier alpha value is -4.46. The van der Waals surface area contributed by atoms with Crippen molar-refractivity contribution in [3.63, 3.8) is 0 Å². The maximum absolute atomic E-state index is 13.3. The van der Waals surface area contributed by atoms with Crippen LogP contribution in [-0.4, -0.2) is 33.5 Å². The van der Waals surface area contributed by atoms with Gasteiger partial charge in [-0.25, -0.2) is 0 Å². The molecule has 0 aliphatic heterocycles. The summed E-state index contributed by atoms with van der Waals surface area (Å²) in [7, 11) is 0. The van der Waals surface area contributed by atoms with E-state index in [2.05, 4.69) is 25.8 Å². The lowest BCUT2D eigenvalue weighted by atomic mass is 10.0. The summed E-state index contributed by atoms with van der Waals surface area (Å²) in [5.41, 5.74) is 3.11. The van der Waals surface area contributed by atoms with Gasteiger partial charge in [-0.2, -0.15) is 0 Å². The summed E-state index contributed by atoms with van der Waals surface area (Å²) < 4.78 is 4.96. The largest absolute Gasteiger partial charge is 0.364 e. The molecule has 34 heavy (non-hydrogen) atoms. The van der Waals surface area contributed by atoms with E-state index >= 15 is 0 Å². The minimum atomic E-state index is -0.472. The van der Waals surface area contributed by atoms with Crippen molar-refractivity contribution in [2.24, 2.45) is 0 Å². The fourth-order valence-corrected chi connectivity index (χ4v) is 4.06. The minimum Gasteiger partial charge on any atom is -0.364 e. The number of aromatic amines is 1. The molecule has 3 N–H and O–H groups in total. The minimum absolute atomic E-state index is 0.188. The first-order valence-electron chi connectivity index (χ1n) is 11.1. The monoisotopic (exact) mass is 453 g/mol. The second-order valence-electron chi connectivity index (χ2n) is 8.00. The van der Waals surface area contributed by atoms with Crippen molar-refractivity contribution in [2.45, 2.75) is 19.4 Å². The normalized spacial score (nSPS) is 12.0. The number of nitrogens with one attached hydrogen (secondary N) is 3. The van der Waals surface area contributed by atoms with Gasteiger partial charge in [-0.3, -0.25) is 14.6 Å². The third kappa shape index (κ3) is 4.13. The van der Waals surface area contributed by atoms with E-state index in [1.54, 1.807) is 18.6 Å². The summed E-state index contributed by atoms with van der Waals surface area (Å²) in [5, 5.41) is 12.8. The molecule has 0 saturated carbocycles. The number of benzene rings is 2. The number of carbonyl (C=O) groups is 2. The van der Waals surface area contributed by atoms with Crippen LogP contribution in [0, 0.1) is 0 Å². The molecule has 3 heterocycles. The molecule has 5 rings (SSSR count). The standard InChI is InChI=1S/C26H23N5O3/c1-2-22-21(15-34-31-22)25(32)29-14-23(18-8-7-16-5-3-4-6-17(16)11-18)30-26(33)20-12-27-13-24-19(20)9-10-28-24/h3-13,15,23,28H,2,14H2,1H3,(H,29,32)(H,30,33). The maximum atomic E-state index is 13.3. The lowest BCUT2D eigenvalue weighted by Crippen LogP contribution is -2.38. The number of fused-ring (bicyclic) bond motifs is 2. The fraction of sp³-hybridized carbons (Fsp3) is 0.154. The Morgan fingerprint density at radius 3 is 2.74 bits per heavy atom. The number of amides is 2. The summed E-state index contributed by atoms with van der Waals surface area (Å²) in [6.07, 6.45) is 6.92. The number of carbonyl (C=O) groups excluding carboxylic acids is 2. The summed E-state index contributed by atoms with van der Waals surface area (Å²) in [5.74, 6) is -0.572. The van der Waals surface area contributed by atoms with Gasteiger partial charge in [0.25, 0.3) is 11.8 Å². The quantitative estimate of drug-likeness (QED) is 0.342. The molecule has 8 nitrogen and oxygen atoms in total. The van der Waals surface area contributed by atoms with E-state index in [9.17, 15) is 9.59 Å². The smallest absolute Gasteiger partial charge is 0.256 e. The van der Waals surface area contributed by atoms with Crippen molar-refractivity contribution in [1.82, 2.24) is 25.8 Å². The van der Waals surface area contributed by atoms with Crippen LogP contribution >= 0.6 is 0 Å².